The fourth-order valence-corrected chi connectivity index (χ4v) is 3.64. The van der Waals surface area contributed by atoms with Gasteiger partial charge in [-0.2, -0.15) is 0 Å². The SMILES string of the molecule is Cc1cnc(NS(=O)(=O)c2ccc(CO)c(Cl)c2)s1. The predicted octanol–water partition coefficient (Wildman–Crippen LogP) is 2.40. The van der Waals surface area contributed by atoms with Crippen LogP contribution in [0.25, 0.3) is 0 Å². The summed E-state index contributed by atoms with van der Waals surface area (Å²) in [5.74, 6) is 0. The van der Waals surface area contributed by atoms with Crippen LogP contribution in [0.4, 0.5) is 5.13 Å². The Morgan fingerprint density at radius 2 is 2.21 bits per heavy atom. The number of thiazole rings is 1. The molecule has 0 atom stereocenters. The molecule has 0 bridgehead atoms. The summed E-state index contributed by atoms with van der Waals surface area (Å²) in [7, 11) is -3.72. The number of aryl methyl sites for hydroxylation is 1. The lowest BCUT2D eigenvalue weighted by Gasteiger charge is -2.07. The lowest BCUT2D eigenvalue weighted by atomic mass is 10.2. The molecule has 0 saturated heterocycles. The van der Waals surface area contributed by atoms with E-state index in [2.05, 4.69) is 9.71 Å². The van der Waals surface area contributed by atoms with E-state index < -0.39 is 10.0 Å². The molecule has 0 aliphatic carbocycles. The van der Waals surface area contributed by atoms with Gasteiger partial charge in [-0.25, -0.2) is 13.4 Å². The first-order valence-electron chi connectivity index (χ1n) is 5.27. The smallest absolute Gasteiger partial charge is 0.263 e. The molecule has 1 heterocycles. The van der Waals surface area contributed by atoms with Crippen LogP contribution < -0.4 is 4.72 Å². The average Bonchev–Trinajstić information content (AvgIpc) is 2.73. The molecule has 2 N–H and O–H groups in total. The number of nitrogens with one attached hydrogen (secondary N) is 1. The summed E-state index contributed by atoms with van der Waals surface area (Å²) in [6, 6.07) is 4.17. The van der Waals surface area contributed by atoms with Crippen LogP contribution in [0.1, 0.15) is 10.4 Å². The molecule has 102 valence electrons. The number of nitrogens with zero attached hydrogens (tertiary/aromatic N) is 1. The molecular weight excluding hydrogens is 308 g/mol. The molecule has 2 aromatic rings. The van der Waals surface area contributed by atoms with E-state index in [4.69, 9.17) is 16.7 Å². The Morgan fingerprint density at radius 1 is 1.47 bits per heavy atom. The number of hydrogen-bond donors (Lipinski definition) is 2. The van der Waals surface area contributed by atoms with Gasteiger partial charge in [0.15, 0.2) is 5.13 Å². The third-order valence-electron chi connectivity index (χ3n) is 2.35. The van der Waals surface area contributed by atoms with E-state index in [9.17, 15) is 8.42 Å². The molecular formula is C11H11ClN2O3S2. The summed E-state index contributed by atoms with van der Waals surface area (Å²) in [5.41, 5.74) is 0.478. The number of benzene rings is 1. The van der Waals surface area contributed by atoms with Gasteiger partial charge in [-0.3, -0.25) is 4.72 Å². The Kier molecular flexibility index (Phi) is 4.10. The number of aromatic nitrogens is 1. The quantitative estimate of drug-likeness (QED) is 0.907. The number of sulfonamides is 1. The zero-order valence-corrected chi connectivity index (χ0v) is 12.3. The van der Waals surface area contributed by atoms with E-state index in [1.165, 1.54) is 29.5 Å². The van der Waals surface area contributed by atoms with Crippen LogP contribution in [0.5, 0.6) is 0 Å². The topological polar surface area (TPSA) is 79.3 Å². The Labute approximate surface area is 119 Å². The van der Waals surface area contributed by atoms with Gasteiger partial charge in [0.05, 0.1) is 11.5 Å². The van der Waals surface area contributed by atoms with E-state index in [0.717, 1.165) is 4.88 Å². The number of hydrogen-bond acceptors (Lipinski definition) is 5. The van der Waals surface area contributed by atoms with Crippen LogP contribution in [0.2, 0.25) is 5.02 Å². The third kappa shape index (κ3) is 3.24. The van der Waals surface area contributed by atoms with Crippen LogP contribution in [-0.2, 0) is 16.6 Å². The minimum absolute atomic E-state index is 0.0301. The molecule has 0 fully saturated rings. The zero-order chi connectivity index (χ0) is 14.0. The molecule has 0 amide bonds. The summed E-state index contributed by atoms with van der Waals surface area (Å²) in [6.45, 7) is 1.60. The van der Waals surface area contributed by atoms with Gasteiger partial charge >= 0.3 is 0 Å². The molecule has 0 aliphatic rings. The Bertz CT molecular complexity index is 698. The van der Waals surface area contributed by atoms with Crippen LogP contribution in [0.15, 0.2) is 29.3 Å². The van der Waals surface area contributed by atoms with Crippen LogP contribution >= 0.6 is 22.9 Å². The van der Waals surface area contributed by atoms with Crippen molar-refractivity contribution in [3.05, 3.63) is 39.9 Å². The second kappa shape index (κ2) is 5.46. The average molecular weight is 319 g/mol. The molecule has 8 heteroatoms. The third-order valence-corrected chi connectivity index (χ3v) is 4.99. The van der Waals surface area contributed by atoms with Crippen LogP contribution in [0.3, 0.4) is 0 Å². The van der Waals surface area contributed by atoms with Gasteiger partial charge in [-0.1, -0.05) is 17.7 Å². The molecule has 1 aromatic heterocycles. The fraction of sp³-hybridized carbons (Fsp3) is 0.182. The van der Waals surface area contributed by atoms with Crippen molar-refractivity contribution >= 4 is 38.1 Å². The van der Waals surface area contributed by atoms with E-state index in [1.807, 2.05) is 6.92 Å². The number of anilines is 1. The molecule has 0 aliphatic heterocycles. The van der Waals surface area contributed by atoms with Crippen molar-refractivity contribution in [2.24, 2.45) is 0 Å². The second-order valence-corrected chi connectivity index (χ2v) is 7.12. The largest absolute Gasteiger partial charge is 0.392 e. The highest BCUT2D eigenvalue weighted by Gasteiger charge is 2.17. The number of aliphatic hydroxyl groups is 1. The molecule has 0 spiro atoms. The van der Waals surface area contributed by atoms with E-state index in [0.29, 0.717) is 10.7 Å². The standard InChI is InChI=1S/C11H11ClN2O3S2/c1-7-5-13-11(18-7)14-19(16,17)9-3-2-8(6-15)10(12)4-9/h2-5,15H,6H2,1H3,(H,13,14). The van der Waals surface area contributed by atoms with Gasteiger partial charge in [0.1, 0.15) is 0 Å². The summed E-state index contributed by atoms with van der Waals surface area (Å²) < 4.78 is 26.6. The van der Waals surface area contributed by atoms with Gasteiger partial charge in [0, 0.05) is 16.1 Å². The lowest BCUT2D eigenvalue weighted by Crippen LogP contribution is -2.12. The van der Waals surface area contributed by atoms with Crippen molar-refractivity contribution in [2.75, 3.05) is 4.72 Å². The summed E-state index contributed by atoms with van der Waals surface area (Å²) in [6.07, 6.45) is 1.59. The Balaban J connectivity index is 2.31. The van der Waals surface area contributed by atoms with E-state index >= 15 is 0 Å². The normalized spacial score (nSPS) is 11.5. The van der Waals surface area contributed by atoms with Crippen LogP contribution in [-0.4, -0.2) is 18.5 Å². The van der Waals surface area contributed by atoms with Crippen molar-refractivity contribution in [1.82, 2.24) is 4.98 Å². The van der Waals surface area contributed by atoms with Gasteiger partial charge < -0.3 is 5.11 Å². The first-order valence-corrected chi connectivity index (χ1v) is 7.94. The molecule has 0 saturated carbocycles. The summed E-state index contributed by atoms with van der Waals surface area (Å²) in [4.78, 5) is 4.88. The van der Waals surface area contributed by atoms with Crippen molar-refractivity contribution in [3.63, 3.8) is 0 Å². The maximum absolute atomic E-state index is 12.1. The fourth-order valence-electron chi connectivity index (χ4n) is 1.40. The first-order chi connectivity index (χ1) is 8.92. The highest BCUT2D eigenvalue weighted by atomic mass is 35.5. The molecule has 5 nitrogen and oxygen atoms in total. The van der Waals surface area contributed by atoms with Crippen molar-refractivity contribution in [1.29, 1.82) is 0 Å². The molecule has 1 aromatic carbocycles. The maximum Gasteiger partial charge on any atom is 0.263 e. The van der Waals surface area contributed by atoms with Crippen molar-refractivity contribution in [2.45, 2.75) is 18.4 Å². The van der Waals surface area contributed by atoms with Gasteiger partial charge in [-0.15, -0.1) is 11.3 Å². The maximum atomic E-state index is 12.1. The molecule has 0 unspecified atom stereocenters. The van der Waals surface area contributed by atoms with Crippen molar-refractivity contribution < 1.29 is 13.5 Å². The predicted molar refractivity (Wildman–Crippen MR) is 75.0 cm³/mol. The van der Waals surface area contributed by atoms with Gasteiger partial charge in [-0.05, 0) is 24.6 Å². The van der Waals surface area contributed by atoms with Crippen molar-refractivity contribution in [3.8, 4) is 0 Å². The van der Waals surface area contributed by atoms with Crippen LogP contribution in [0, 0.1) is 6.92 Å². The number of rotatable bonds is 4. The molecule has 0 radical (unpaired) electrons. The first kappa shape index (κ1) is 14.3. The van der Waals surface area contributed by atoms with E-state index in [-0.39, 0.29) is 16.5 Å². The summed E-state index contributed by atoms with van der Waals surface area (Å²) in [5, 5.41) is 9.51. The van der Waals surface area contributed by atoms with Gasteiger partial charge in [0.25, 0.3) is 10.0 Å². The highest BCUT2D eigenvalue weighted by Crippen LogP contribution is 2.24. The zero-order valence-electron chi connectivity index (χ0n) is 9.92. The highest BCUT2D eigenvalue weighted by molar-refractivity contribution is 7.93. The Morgan fingerprint density at radius 3 is 2.74 bits per heavy atom. The monoisotopic (exact) mass is 318 g/mol. The molecule has 19 heavy (non-hydrogen) atoms. The number of aliphatic hydroxyl groups excluding tert-OH is 1. The molecule has 2 rings (SSSR count). The Hall–Kier alpha value is -1.15. The lowest BCUT2D eigenvalue weighted by molar-refractivity contribution is 0.282. The summed E-state index contributed by atoms with van der Waals surface area (Å²) >= 11 is 7.12. The number of halogens is 1. The second-order valence-electron chi connectivity index (χ2n) is 3.79. The minimum atomic E-state index is -3.72. The van der Waals surface area contributed by atoms with E-state index in [1.54, 1.807) is 6.20 Å². The van der Waals surface area contributed by atoms with Gasteiger partial charge in [0.2, 0.25) is 0 Å². The minimum Gasteiger partial charge on any atom is -0.392 e.